The molecule has 29 heavy (non-hydrogen) atoms. The van der Waals surface area contributed by atoms with Crippen LogP contribution >= 0.6 is 0 Å². The molecule has 20 heteroatoms. The predicted molar refractivity (Wildman–Crippen MR) is 64.9 cm³/mol. The molecule has 0 radical (unpaired) electrons. The van der Waals surface area contributed by atoms with Crippen molar-refractivity contribution in [3.05, 3.63) is 0 Å². The molecule has 0 aliphatic carbocycles. The summed E-state index contributed by atoms with van der Waals surface area (Å²) in [6, 6.07) is 0. The smallest absolute Gasteiger partial charge is 0.743 e. The van der Waals surface area contributed by atoms with Crippen LogP contribution in [0.3, 0.4) is 0 Å². The average Bonchev–Trinajstić information content (AvgIpc) is 2.41. The SMILES string of the molecule is CC(C)(COC(F)(F)C(F)(F)S(=O)(=O)[O-])COC(F)(F)C(F)(F)S(=O)(=O)[O-].[Li+].[Li+]. The van der Waals surface area contributed by atoms with Crippen LogP contribution in [0.4, 0.5) is 35.1 Å². The van der Waals surface area contributed by atoms with Crippen LogP contribution in [-0.2, 0) is 29.7 Å². The van der Waals surface area contributed by atoms with E-state index in [-0.39, 0.29) is 37.7 Å². The second kappa shape index (κ2) is 9.89. The molecule has 0 saturated carbocycles. The van der Waals surface area contributed by atoms with Gasteiger partial charge in [0.15, 0.2) is 20.2 Å². The zero-order valence-electron chi connectivity index (χ0n) is 15.0. The van der Waals surface area contributed by atoms with Gasteiger partial charge in [0.2, 0.25) is 0 Å². The molecule has 0 aromatic rings. The van der Waals surface area contributed by atoms with Crippen molar-refractivity contribution in [3.8, 4) is 0 Å². The minimum Gasteiger partial charge on any atom is -0.743 e. The molecule has 0 spiro atoms. The first-order valence-corrected chi connectivity index (χ1v) is 8.93. The molecule has 0 saturated heterocycles. The van der Waals surface area contributed by atoms with Gasteiger partial charge in [-0.3, -0.25) is 0 Å². The van der Waals surface area contributed by atoms with Gasteiger partial charge in [-0.15, -0.1) is 0 Å². The minimum absolute atomic E-state index is 0. The topological polar surface area (TPSA) is 133 Å². The maximum absolute atomic E-state index is 13.1. The molecule has 0 heterocycles. The molecule has 0 amide bonds. The van der Waals surface area contributed by atoms with E-state index in [2.05, 4.69) is 9.47 Å². The van der Waals surface area contributed by atoms with Crippen molar-refractivity contribution in [1.82, 2.24) is 0 Å². The van der Waals surface area contributed by atoms with E-state index in [0.29, 0.717) is 13.8 Å². The quantitative estimate of drug-likeness (QED) is 0.175. The van der Waals surface area contributed by atoms with Crippen LogP contribution in [0.2, 0.25) is 0 Å². The summed E-state index contributed by atoms with van der Waals surface area (Å²) in [5.41, 5.74) is -2.27. The summed E-state index contributed by atoms with van der Waals surface area (Å²) in [5.74, 6) is 0. The van der Waals surface area contributed by atoms with Crippen LogP contribution in [-0.4, -0.2) is 61.9 Å². The van der Waals surface area contributed by atoms with E-state index in [1.807, 2.05) is 0 Å². The number of ether oxygens (including phenoxy) is 2. The molecule has 0 aliphatic rings. The summed E-state index contributed by atoms with van der Waals surface area (Å²) >= 11 is 0. The summed E-state index contributed by atoms with van der Waals surface area (Å²) in [6.07, 6.45) is -11.9. The van der Waals surface area contributed by atoms with Crippen molar-refractivity contribution in [2.45, 2.75) is 36.6 Å². The maximum atomic E-state index is 13.1. The molecule has 0 N–H and O–H groups in total. The Morgan fingerprint density at radius 1 is 0.655 bits per heavy atom. The van der Waals surface area contributed by atoms with E-state index in [9.17, 15) is 61.1 Å². The predicted octanol–water partition coefficient (Wildman–Crippen LogP) is -4.48. The first-order valence-electron chi connectivity index (χ1n) is 6.11. The van der Waals surface area contributed by atoms with Gasteiger partial charge in [-0.05, 0) is 0 Å². The third kappa shape index (κ3) is 7.78. The first kappa shape index (κ1) is 34.0. The Kier molecular flexibility index (Phi) is 11.6. The van der Waals surface area contributed by atoms with E-state index < -0.39 is 61.6 Å². The van der Waals surface area contributed by atoms with Crippen molar-refractivity contribution in [1.29, 1.82) is 0 Å². The molecule has 164 valence electrons. The number of hydrogen-bond acceptors (Lipinski definition) is 8. The number of halogens is 8. The summed E-state index contributed by atoms with van der Waals surface area (Å²) < 4.78 is 171. The maximum Gasteiger partial charge on any atom is 1.00 e. The molecule has 0 rings (SSSR count). The van der Waals surface area contributed by atoms with Crippen molar-refractivity contribution in [3.63, 3.8) is 0 Å². The van der Waals surface area contributed by atoms with Gasteiger partial charge in [-0.25, -0.2) is 16.8 Å². The Balaban J connectivity index is -0.00000338. The summed E-state index contributed by atoms with van der Waals surface area (Å²) in [5, 5.41) is -12.5. The normalized spacial score (nSPS) is 14.8. The largest absolute Gasteiger partial charge is 1.00 e. The Labute approximate surface area is 183 Å². The van der Waals surface area contributed by atoms with Crippen LogP contribution in [0.15, 0.2) is 0 Å². The molecule has 0 aromatic carbocycles. The number of hydrogen-bond donors (Lipinski definition) is 0. The molecular weight excluding hydrogens is 466 g/mol. The van der Waals surface area contributed by atoms with Crippen LogP contribution in [0, 0.1) is 5.41 Å². The van der Waals surface area contributed by atoms with E-state index in [4.69, 9.17) is 0 Å². The van der Waals surface area contributed by atoms with Crippen LogP contribution < -0.4 is 37.7 Å². The van der Waals surface area contributed by atoms with E-state index in [1.54, 1.807) is 0 Å². The molecule has 0 aliphatic heterocycles. The van der Waals surface area contributed by atoms with E-state index >= 15 is 0 Å². The Morgan fingerprint density at radius 2 is 0.862 bits per heavy atom. The molecule has 8 nitrogen and oxygen atoms in total. The van der Waals surface area contributed by atoms with Crippen molar-refractivity contribution < 1.29 is 108 Å². The van der Waals surface area contributed by atoms with E-state index in [0.717, 1.165) is 0 Å². The molecule has 0 aromatic heterocycles. The van der Waals surface area contributed by atoms with Gasteiger partial charge in [0.05, 0.1) is 13.2 Å². The Morgan fingerprint density at radius 3 is 1.03 bits per heavy atom. The zero-order valence-corrected chi connectivity index (χ0v) is 16.7. The van der Waals surface area contributed by atoms with Crippen molar-refractivity contribution in [2.75, 3.05) is 13.2 Å². The van der Waals surface area contributed by atoms with E-state index in [1.165, 1.54) is 0 Å². The summed E-state index contributed by atoms with van der Waals surface area (Å²) in [4.78, 5) is 0. The fraction of sp³-hybridized carbons (Fsp3) is 1.00. The van der Waals surface area contributed by atoms with Crippen molar-refractivity contribution in [2.24, 2.45) is 5.41 Å². The van der Waals surface area contributed by atoms with Gasteiger partial charge in [0, 0.05) is 5.41 Å². The summed E-state index contributed by atoms with van der Waals surface area (Å²) in [7, 11) is -13.8. The fourth-order valence-corrected chi connectivity index (χ4v) is 1.77. The van der Waals surface area contributed by atoms with Gasteiger partial charge < -0.3 is 18.6 Å². The minimum atomic E-state index is -6.91. The third-order valence-corrected chi connectivity index (χ3v) is 4.33. The Bertz CT molecular complexity index is 694. The van der Waals surface area contributed by atoms with Gasteiger partial charge in [-0.1, -0.05) is 13.8 Å². The van der Waals surface area contributed by atoms with Crippen LogP contribution in [0.5, 0.6) is 0 Å². The van der Waals surface area contributed by atoms with Gasteiger partial charge >= 0.3 is 60.4 Å². The molecule has 0 atom stereocenters. The monoisotopic (exact) mass is 476 g/mol. The first-order chi connectivity index (χ1) is 11.4. The van der Waals surface area contributed by atoms with Crippen molar-refractivity contribution >= 4 is 20.2 Å². The third-order valence-electron chi connectivity index (χ3n) is 2.59. The fourth-order valence-electron chi connectivity index (χ4n) is 1.07. The standard InChI is InChI=1S/C9H12F8O8S2.2Li/c1-5(2,3-24-6(10,11)8(14,15)26(18,19)20)4-25-7(12,13)9(16,17)27(21,22)23;;/h3-4H2,1-2H3,(H,18,19,20)(H,21,22,23);;/q;2*+1/p-2. The van der Waals surface area contributed by atoms with Gasteiger partial charge in [-0.2, -0.15) is 35.1 Å². The molecule has 0 fully saturated rings. The average molecular weight is 476 g/mol. The molecule has 0 unspecified atom stereocenters. The molecular formula is C9H10F8Li2O8S2. The number of rotatable bonds is 10. The zero-order chi connectivity index (χ0) is 22.3. The Hall–Kier alpha value is 0.375. The van der Waals surface area contributed by atoms with Gasteiger partial charge in [0.1, 0.15) is 0 Å². The second-order valence-corrected chi connectivity index (χ2v) is 8.56. The van der Waals surface area contributed by atoms with Crippen LogP contribution in [0.1, 0.15) is 13.8 Å². The second-order valence-electron chi connectivity index (χ2n) is 5.72. The van der Waals surface area contributed by atoms with Gasteiger partial charge in [0.25, 0.3) is 0 Å². The molecule has 0 bridgehead atoms. The summed E-state index contributed by atoms with van der Waals surface area (Å²) in [6.45, 7) is -2.24. The van der Waals surface area contributed by atoms with Crippen LogP contribution in [0.25, 0.3) is 0 Å². The number of alkyl halides is 8.